The Balaban J connectivity index is 2.87. The Bertz CT molecular complexity index is 332. The van der Waals surface area contributed by atoms with Crippen molar-refractivity contribution in [1.29, 1.82) is 0 Å². The third kappa shape index (κ3) is 2.49. The molecule has 0 bridgehead atoms. The van der Waals surface area contributed by atoms with E-state index in [1.54, 1.807) is 18.2 Å². The fourth-order valence-corrected chi connectivity index (χ4v) is 4.65. The summed E-state index contributed by atoms with van der Waals surface area (Å²) in [7, 11) is 2.69. The number of hydrogen-bond acceptors (Lipinski definition) is 4. The van der Waals surface area contributed by atoms with Crippen LogP contribution in [0.15, 0.2) is 22.7 Å². The molecule has 0 fully saturated rings. The number of carbonyl (C=O) groups is 2. The van der Waals surface area contributed by atoms with Gasteiger partial charge in [-0.25, -0.2) is 0 Å². The average Bonchev–Trinajstić information content (AvgIpc) is 2.27. The Labute approximate surface area is 92.8 Å². The molecule has 0 saturated carbocycles. The van der Waals surface area contributed by atoms with E-state index in [1.165, 1.54) is 14.2 Å². The Hall–Kier alpha value is -1.06. The summed E-state index contributed by atoms with van der Waals surface area (Å²) in [6.45, 7) is 0. The fourth-order valence-electron chi connectivity index (χ4n) is 1.24. The minimum absolute atomic E-state index is 0.283. The van der Waals surface area contributed by atoms with Crippen LogP contribution in [-0.4, -0.2) is 40.1 Å². The molecule has 0 aromatic rings. The maximum absolute atomic E-state index is 11.4. The van der Waals surface area contributed by atoms with Crippen molar-refractivity contribution in [2.75, 3.05) is 14.2 Å². The molecule has 2 atom stereocenters. The van der Waals surface area contributed by atoms with E-state index in [4.69, 9.17) is 0 Å². The molecule has 0 saturated heterocycles. The first-order chi connectivity index (χ1) is 7.11. The monoisotopic (exact) mass is 277 g/mol. The van der Waals surface area contributed by atoms with E-state index in [0.29, 0.717) is 4.47 Å². The van der Waals surface area contributed by atoms with Gasteiger partial charge in [0.1, 0.15) is 0 Å². The molecule has 0 amide bonds. The molecule has 1 aliphatic rings. The van der Waals surface area contributed by atoms with Crippen LogP contribution in [0.4, 0.5) is 0 Å². The van der Waals surface area contributed by atoms with Gasteiger partial charge in [-0.3, -0.25) is 0 Å². The minimum atomic E-state index is -1.51. The van der Waals surface area contributed by atoms with Crippen molar-refractivity contribution in [3.63, 3.8) is 0 Å². The normalized spacial score (nSPS) is 24.3. The molecule has 5 heteroatoms. The van der Waals surface area contributed by atoms with E-state index in [9.17, 15) is 9.59 Å². The Morgan fingerprint density at radius 2 is 2.00 bits per heavy atom. The van der Waals surface area contributed by atoms with Crippen molar-refractivity contribution in [2.45, 2.75) is 10.6 Å². The first-order valence-electron chi connectivity index (χ1n) is 4.31. The molecule has 0 aromatic heterocycles. The molecule has 0 radical (unpaired) electrons. The van der Waals surface area contributed by atoms with Crippen LogP contribution in [0, 0.1) is 0 Å². The summed E-state index contributed by atoms with van der Waals surface area (Å²) >= 11 is -1.51. The molecular formula is C10H13O4Se+. The van der Waals surface area contributed by atoms with Crippen LogP contribution in [0.25, 0.3) is 0 Å². The number of esters is 2. The van der Waals surface area contributed by atoms with Gasteiger partial charge in [0.15, 0.2) is 0 Å². The quantitative estimate of drug-likeness (QED) is 0.554. The van der Waals surface area contributed by atoms with E-state index in [1.807, 2.05) is 5.82 Å². The zero-order valence-corrected chi connectivity index (χ0v) is 10.6. The Morgan fingerprint density at radius 3 is 2.53 bits per heavy atom. The number of allylic oxidation sites excluding steroid dienone is 2. The van der Waals surface area contributed by atoms with Crippen molar-refractivity contribution < 1.29 is 19.1 Å². The van der Waals surface area contributed by atoms with Crippen molar-refractivity contribution in [3.8, 4) is 0 Å². The predicted octanol–water partition coefficient (Wildman–Crippen LogP) is 0.863. The molecule has 15 heavy (non-hydrogen) atoms. The van der Waals surface area contributed by atoms with Crippen LogP contribution in [0.3, 0.4) is 0 Å². The van der Waals surface area contributed by atoms with Gasteiger partial charge in [-0.15, -0.1) is 0 Å². The molecule has 0 aliphatic carbocycles. The van der Waals surface area contributed by atoms with E-state index in [2.05, 4.69) is 9.47 Å². The van der Waals surface area contributed by atoms with Crippen LogP contribution in [0.5, 0.6) is 0 Å². The zero-order valence-electron chi connectivity index (χ0n) is 8.85. The standard InChI is InChI=1S/C10H13O4Se/c1-13-9(11)7-5-4-6-8(15(7)3)10(12)14-2/h4-7H,1-3H3/q+1. The SMILES string of the molecule is COC(=O)C1=CC=CC(C(=O)OC)[Se+]1C. The molecule has 1 rings (SSSR count). The van der Waals surface area contributed by atoms with Gasteiger partial charge in [0.25, 0.3) is 0 Å². The third-order valence-corrected chi connectivity index (χ3v) is 6.50. The van der Waals surface area contributed by atoms with Crippen molar-refractivity contribution in [3.05, 3.63) is 22.7 Å². The van der Waals surface area contributed by atoms with Crippen LogP contribution in [0.1, 0.15) is 0 Å². The van der Waals surface area contributed by atoms with Gasteiger partial charge in [0, 0.05) is 0 Å². The number of rotatable bonds is 2. The molecule has 0 N–H and O–H groups in total. The maximum atomic E-state index is 11.4. The molecule has 1 heterocycles. The van der Waals surface area contributed by atoms with Gasteiger partial charge in [0.05, 0.1) is 0 Å². The van der Waals surface area contributed by atoms with E-state index < -0.39 is 13.9 Å². The number of carbonyl (C=O) groups excluding carboxylic acids is 2. The molecule has 4 nitrogen and oxygen atoms in total. The second kappa shape index (κ2) is 5.14. The summed E-state index contributed by atoms with van der Waals surface area (Å²) in [5.74, 6) is 1.29. The number of hydrogen-bond donors (Lipinski definition) is 0. The molecular weight excluding hydrogens is 263 g/mol. The first kappa shape index (κ1) is 12.0. The number of ether oxygens (including phenoxy) is 2. The Kier molecular flexibility index (Phi) is 4.12. The van der Waals surface area contributed by atoms with Crippen molar-refractivity contribution in [1.82, 2.24) is 0 Å². The average molecular weight is 276 g/mol. The van der Waals surface area contributed by atoms with Crippen LogP contribution in [0.2, 0.25) is 10.6 Å². The number of methoxy groups -OCH3 is 2. The summed E-state index contributed by atoms with van der Waals surface area (Å²) in [5.41, 5.74) is 0. The van der Waals surface area contributed by atoms with Crippen LogP contribution < -0.4 is 0 Å². The van der Waals surface area contributed by atoms with Gasteiger partial charge in [-0.1, -0.05) is 0 Å². The van der Waals surface area contributed by atoms with Gasteiger partial charge in [-0.2, -0.15) is 0 Å². The summed E-state index contributed by atoms with van der Waals surface area (Å²) < 4.78 is 9.96. The van der Waals surface area contributed by atoms with E-state index >= 15 is 0 Å². The van der Waals surface area contributed by atoms with Crippen molar-refractivity contribution >= 4 is 25.8 Å². The molecule has 0 aromatic carbocycles. The fraction of sp³-hybridized carbons (Fsp3) is 0.400. The van der Waals surface area contributed by atoms with Gasteiger partial charge in [0.2, 0.25) is 0 Å². The second-order valence-corrected chi connectivity index (χ2v) is 7.24. The van der Waals surface area contributed by atoms with Gasteiger partial charge < -0.3 is 0 Å². The molecule has 0 spiro atoms. The topological polar surface area (TPSA) is 52.6 Å². The zero-order chi connectivity index (χ0) is 11.4. The summed E-state index contributed by atoms with van der Waals surface area (Å²) in [5, 5.41) is 0. The van der Waals surface area contributed by atoms with Crippen LogP contribution >= 0.6 is 0 Å². The summed E-state index contributed by atoms with van der Waals surface area (Å²) in [6.07, 6.45) is 5.20. The summed E-state index contributed by atoms with van der Waals surface area (Å²) in [6, 6.07) is 0. The van der Waals surface area contributed by atoms with Crippen molar-refractivity contribution in [2.24, 2.45) is 0 Å². The van der Waals surface area contributed by atoms with Crippen LogP contribution in [-0.2, 0) is 19.1 Å². The Morgan fingerprint density at radius 1 is 1.33 bits per heavy atom. The van der Waals surface area contributed by atoms with E-state index in [-0.39, 0.29) is 16.8 Å². The third-order valence-electron chi connectivity index (χ3n) is 2.08. The molecule has 2 unspecified atom stereocenters. The van der Waals surface area contributed by atoms with Gasteiger partial charge >= 0.3 is 92.5 Å². The molecule has 82 valence electrons. The van der Waals surface area contributed by atoms with Gasteiger partial charge in [-0.05, 0) is 0 Å². The van der Waals surface area contributed by atoms with E-state index in [0.717, 1.165) is 0 Å². The molecule has 1 aliphatic heterocycles. The first-order valence-corrected chi connectivity index (χ1v) is 7.87. The summed E-state index contributed by atoms with van der Waals surface area (Å²) in [4.78, 5) is 22.5. The second-order valence-electron chi connectivity index (χ2n) is 2.91. The predicted molar refractivity (Wildman–Crippen MR) is 56.6 cm³/mol.